The SMILES string of the molecule is CC(C)C(NC(=O)OCc1ccccc1)C(=O)NN(CC1CCCCC1)C[C@H](O)[C@H](Cc1ccccc1)NC(=O)[C@H](CC(N)=O)NC(=O)c1ccc2ccccc2n1. The lowest BCUT2D eigenvalue weighted by Gasteiger charge is -2.35. The Morgan fingerprint density at radius 3 is 2.14 bits per heavy atom. The van der Waals surface area contributed by atoms with Crippen LogP contribution in [0.25, 0.3) is 10.9 Å². The number of nitrogens with zero attached hydrogens (tertiary/aromatic N) is 2. The van der Waals surface area contributed by atoms with Gasteiger partial charge in [-0.2, -0.15) is 0 Å². The average molecular weight is 794 g/mol. The molecule has 0 spiro atoms. The quantitative estimate of drug-likeness (QED) is 0.0754. The van der Waals surface area contributed by atoms with Crippen molar-refractivity contribution in [3.63, 3.8) is 0 Å². The summed E-state index contributed by atoms with van der Waals surface area (Å²) in [6, 6.07) is 25.7. The predicted octanol–water partition coefficient (Wildman–Crippen LogP) is 4.16. The maximum absolute atomic E-state index is 14.0. The minimum Gasteiger partial charge on any atom is -0.445 e. The van der Waals surface area contributed by atoms with E-state index in [-0.39, 0.29) is 37.1 Å². The Kier molecular flexibility index (Phi) is 16.1. The molecule has 1 heterocycles. The van der Waals surface area contributed by atoms with E-state index < -0.39 is 60.4 Å². The van der Waals surface area contributed by atoms with Crippen LogP contribution in [0.2, 0.25) is 0 Å². The van der Waals surface area contributed by atoms with Crippen LogP contribution in [0.15, 0.2) is 97.1 Å². The van der Waals surface area contributed by atoms with E-state index >= 15 is 0 Å². The number of para-hydroxylation sites is 1. The summed E-state index contributed by atoms with van der Waals surface area (Å²) in [6.45, 7) is 4.00. The highest BCUT2D eigenvalue weighted by Gasteiger charge is 2.33. The number of nitrogens with two attached hydrogens (primary N) is 1. The number of carbonyl (C=O) groups excluding carboxylic acids is 5. The second-order valence-electron chi connectivity index (χ2n) is 15.3. The van der Waals surface area contributed by atoms with E-state index in [4.69, 9.17) is 10.5 Å². The number of ether oxygens (including phenoxy) is 1. The van der Waals surface area contributed by atoms with Crippen molar-refractivity contribution in [3.05, 3.63) is 114 Å². The molecule has 0 saturated heterocycles. The number of carbonyl (C=O) groups is 5. The number of alkyl carbamates (subject to hydrolysis) is 1. The molecule has 14 heteroatoms. The third-order valence-electron chi connectivity index (χ3n) is 10.3. The fraction of sp³-hybridized carbons (Fsp3) is 0.409. The van der Waals surface area contributed by atoms with E-state index in [9.17, 15) is 29.1 Å². The fourth-order valence-corrected chi connectivity index (χ4v) is 7.12. The first-order valence-electron chi connectivity index (χ1n) is 19.9. The highest BCUT2D eigenvalue weighted by molar-refractivity contribution is 5.99. The van der Waals surface area contributed by atoms with Crippen molar-refractivity contribution in [2.45, 2.75) is 89.6 Å². The predicted molar refractivity (Wildman–Crippen MR) is 220 cm³/mol. The van der Waals surface area contributed by atoms with Gasteiger partial charge in [0, 0.05) is 18.5 Å². The van der Waals surface area contributed by atoms with Gasteiger partial charge in [0.05, 0.1) is 24.1 Å². The van der Waals surface area contributed by atoms with Gasteiger partial charge >= 0.3 is 6.09 Å². The van der Waals surface area contributed by atoms with Crippen LogP contribution in [0.3, 0.4) is 0 Å². The van der Waals surface area contributed by atoms with Crippen molar-refractivity contribution in [3.8, 4) is 0 Å². The number of nitrogens with one attached hydrogen (secondary N) is 4. The molecule has 3 aromatic carbocycles. The number of amides is 5. The van der Waals surface area contributed by atoms with E-state index in [1.807, 2.05) is 86.6 Å². The van der Waals surface area contributed by atoms with E-state index in [1.54, 1.807) is 23.2 Å². The number of hydrazine groups is 1. The number of rotatable bonds is 19. The van der Waals surface area contributed by atoms with Crippen molar-refractivity contribution in [1.82, 2.24) is 31.4 Å². The molecule has 0 bridgehead atoms. The highest BCUT2D eigenvalue weighted by Crippen LogP contribution is 2.24. The summed E-state index contributed by atoms with van der Waals surface area (Å²) < 4.78 is 5.40. The lowest BCUT2D eigenvalue weighted by molar-refractivity contribution is -0.131. The van der Waals surface area contributed by atoms with Crippen LogP contribution in [0.1, 0.15) is 74.0 Å². The van der Waals surface area contributed by atoms with Gasteiger partial charge in [-0.25, -0.2) is 14.8 Å². The van der Waals surface area contributed by atoms with Crippen LogP contribution in [0.5, 0.6) is 0 Å². The minimum absolute atomic E-state index is 0.0396. The molecule has 1 aromatic heterocycles. The van der Waals surface area contributed by atoms with Crippen LogP contribution >= 0.6 is 0 Å². The molecule has 58 heavy (non-hydrogen) atoms. The smallest absolute Gasteiger partial charge is 0.408 e. The summed E-state index contributed by atoms with van der Waals surface area (Å²) in [6.07, 6.45) is 2.82. The van der Waals surface area contributed by atoms with E-state index in [2.05, 4.69) is 26.4 Å². The molecule has 1 aliphatic rings. The molecule has 1 aliphatic carbocycles. The Hall–Kier alpha value is -5.86. The number of aliphatic hydroxyl groups excluding tert-OH is 1. The molecule has 1 unspecified atom stereocenters. The molecule has 5 rings (SSSR count). The molecule has 4 atom stereocenters. The lowest BCUT2D eigenvalue weighted by Crippen LogP contribution is -2.59. The summed E-state index contributed by atoms with van der Waals surface area (Å²) in [7, 11) is 0. The number of pyridine rings is 1. The van der Waals surface area contributed by atoms with Crippen LogP contribution in [0, 0.1) is 11.8 Å². The van der Waals surface area contributed by atoms with Gasteiger partial charge in [0.2, 0.25) is 11.8 Å². The second kappa shape index (κ2) is 21.6. The number of hydrogen-bond donors (Lipinski definition) is 6. The average Bonchev–Trinajstić information content (AvgIpc) is 3.22. The van der Waals surface area contributed by atoms with Crippen molar-refractivity contribution in [2.24, 2.45) is 17.6 Å². The number of aliphatic hydroxyl groups is 1. The van der Waals surface area contributed by atoms with Crippen molar-refractivity contribution >= 4 is 40.6 Å². The maximum atomic E-state index is 14.0. The summed E-state index contributed by atoms with van der Waals surface area (Å²) >= 11 is 0. The molecule has 1 saturated carbocycles. The molecular weight excluding hydrogens is 739 g/mol. The van der Waals surface area contributed by atoms with Gasteiger partial charge in [-0.15, -0.1) is 0 Å². The monoisotopic (exact) mass is 793 g/mol. The number of benzene rings is 3. The van der Waals surface area contributed by atoms with Crippen molar-refractivity contribution < 1.29 is 33.8 Å². The largest absolute Gasteiger partial charge is 0.445 e. The number of aromatic nitrogens is 1. The zero-order valence-corrected chi connectivity index (χ0v) is 33.1. The first-order valence-corrected chi connectivity index (χ1v) is 19.9. The Labute approximate surface area is 339 Å². The normalized spacial score (nSPS) is 15.2. The van der Waals surface area contributed by atoms with E-state index in [0.29, 0.717) is 12.1 Å². The van der Waals surface area contributed by atoms with Gasteiger partial charge < -0.3 is 31.5 Å². The first kappa shape index (κ1) is 43.3. The van der Waals surface area contributed by atoms with Crippen molar-refractivity contribution in [1.29, 1.82) is 0 Å². The van der Waals surface area contributed by atoms with E-state index in [1.165, 1.54) is 6.07 Å². The molecule has 7 N–H and O–H groups in total. The Balaban J connectivity index is 1.32. The lowest BCUT2D eigenvalue weighted by atomic mass is 9.89. The zero-order valence-electron chi connectivity index (χ0n) is 33.1. The van der Waals surface area contributed by atoms with E-state index in [0.717, 1.165) is 48.6 Å². The summed E-state index contributed by atoms with van der Waals surface area (Å²) in [5.41, 5.74) is 10.7. The topological polar surface area (TPSA) is 205 Å². The summed E-state index contributed by atoms with van der Waals surface area (Å²) in [4.78, 5) is 70.6. The zero-order chi connectivity index (χ0) is 41.4. The molecule has 5 amide bonds. The fourth-order valence-electron chi connectivity index (χ4n) is 7.12. The van der Waals surface area contributed by atoms with Gasteiger partial charge in [0.15, 0.2) is 0 Å². The van der Waals surface area contributed by atoms with Crippen LogP contribution in [-0.4, -0.2) is 82.1 Å². The third kappa shape index (κ3) is 13.4. The van der Waals surface area contributed by atoms with Gasteiger partial charge in [-0.3, -0.25) is 24.6 Å². The first-order chi connectivity index (χ1) is 27.9. The maximum Gasteiger partial charge on any atom is 0.408 e. The van der Waals surface area contributed by atoms with Gasteiger partial charge in [-0.1, -0.05) is 118 Å². The Bertz CT molecular complexity index is 1970. The Morgan fingerprint density at radius 1 is 0.810 bits per heavy atom. The van der Waals surface area contributed by atoms with Gasteiger partial charge in [0.25, 0.3) is 11.8 Å². The number of fused-ring (bicyclic) bond motifs is 1. The highest BCUT2D eigenvalue weighted by atomic mass is 16.5. The third-order valence-corrected chi connectivity index (χ3v) is 10.3. The summed E-state index contributed by atoms with van der Waals surface area (Å²) in [5, 5.41) is 22.6. The molecule has 14 nitrogen and oxygen atoms in total. The molecule has 308 valence electrons. The molecule has 0 radical (unpaired) electrons. The standard InChI is InChI=1S/C44H55N7O7/c1-29(2)40(49-44(57)58-28-32-18-10-5-11-19-32)43(56)50-51(26-31-16-8-4-9-17-31)27-38(52)36(24-30-14-6-3-7-15-30)47-42(55)37(25-39(45)53)48-41(54)35-23-22-33-20-12-13-21-34(33)46-35/h3,5-7,10-15,18-23,29,31,36-38,40,52H,4,8-9,16-17,24-28H2,1-2H3,(H2,45,53)(H,47,55)(H,48,54)(H,49,57)(H,50,56)/t36-,37-,38-,40?/m0/s1. The molecule has 0 aliphatic heterocycles. The van der Waals surface area contributed by atoms with Crippen molar-refractivity contribution in [2.75, 3.05) is 13.1 Å². The molecule has 1 fully saturated rings. The molecular formula is C44H55N7O7. The van der Waals surface area contributed by atoms with Crippen LogP contribution < -0.4 is 27.1 Å². The summed E-state index contributed by atoms with van der Waals surface area (Å²) in [5.74, 6) is -2.77. The minimum atomic E-state index is -1.37. The number of hydrogen-bond acceptors (Lipinski definition) is 9. The van der Waals surface area contributed by atoms with Gasteiger partial charge in [-0.05, 0) is 54.4 Å². The second-order valence-corrected chi connectivity index (χ2v) is 15.3. The van der Waals surface area contributed by atoms with Gasteiger partial charge in [0.1, 0.15) is 24.4 Å². The Morgan fingerprint density at radius 2 is 1.47 bits per heavy atom. The number of primary amides is 1. The van der Waals surface area contributed by atoms with Crippen LogP contribution in [0.4, 0.5) is 4.79 Å². The molecule has 4 aromatic rings. The van der Waals surface area contributed by atoms with Crippen LogP contribution in [-0.2, 0) is 32.1 Å².